The van der Waals surface area contributed by atoms with Crippen LogP contribution in [0.5, 0.6) is 5.75 Å². The topological polar surface area (TPSA) is 76.7 Å². The first-order valence-corrected chi connectivity index (χ1v) is 9.89. The van der Waals surface area contributed by atoms with Gasteiger partial charge in [-0.2, -0.15) is 0 Å². The number of hydrogen-bond acceptors (Lipinski definition) is 5. The van der Waals surface area contributed by atoms with Crippen molar-refractivity contribution in [3.05, 3.63) is 23.2 Å². The fourth-order valence-corrected chi connectivity index (χ4v) is 4.48. The minimum atomic E-state index is -3.73. The molecule has 2 N–H and O–H groups in total. The van der Waals surface area contributed by atoms with Crippen LogP contribution in [0.3, 0.4) is 0 Å². The first kappa shape index (κ1) is 19.5. The molecule has 1 aliphatic heterocycles. The highest BCUT2D eigenvalue weighted by atomic mass is 35.5. The monoisotopic (exact) mass is 376 g/mol. The Morgan fingerprint density at radius 1 is 1.46 bits per heavy atom. The molecule has 1 aromatic carbocycles. The summed E-state index contributed by atoms with van der Waals surface area (Å²) in [6.07, 6.45) is 1.22. The minimum Gasteiger partial charge on any atom is -0.487 e. The third-order valence-corrected chi connectivity index (χ3v) is 5.65. The zero-order chi connectivity index (χ0) is 17.7. The van der Waals surface area contributed by atoms with Gasteiger partial charge >= 0.3 is 0 Å². The second-order valence-corrected chi connectivity index (χ2v) is 8.29. The van der Waals surface area contributed by atoms with E-state index in [1.54, 1.807) is 19.2 Å². The molecular formula is C16H25ClN2O4S. The van der Waals surface area contributed by atoms with Gasteiger partial charge in [0.1, 0.15) is 16.7 Å². The van der Waals surface area contributed by atoms with Crippen molar-refractivity contribution in [2.24, 2.45) is 0 Å². The predicted molar refractivity (Wildman–Crippen MR) is 94.2 cm³/mol. The lowest BCUT2D eigenvalue weighted by atomic mass is 10.0. The van der Waals surface area contributed by atoms with Gasteiger partial charge in [-0.1, -0.05) is 11.6 Å². The largest absolute Gasteiger partial charge is 0.487 e. The van der Waals surface area contributed by atoms with Crippen LogP contribution in [0.25, 0.3) is 0 Å². The Morgan fingerprint density at radius 3 is 2.88 bits per heavy atom. The molecule has 0 aromatic heterocycles. The van der Waals surface area contributed by atoms with Gasteiger partial charge in [-0.05, 0) is 51.4 Å². The van der Waals surface area contributed by atoms with Crippen molar-refractivity contribution in [3.8, 4) is 5.75 Å². The number of ether oxygens (including phenoxy) is 2. The molecule has 2 rings (SSSR count). The fraction of sp³-hybridized carbons (Fsp3) is 0.625. The van der Waals surface area contributed by atoms with Crippen LogP contribution in [-0.2, 0) is 14.8 Å². The molecule has 0 radical (unpaired) electrons. The van der Waals surface area contributed by atoms with E-state index < -0.39 is 10.0 Å². The number of halogens is 1. The summed E-state index contributed by atoms with van der Waals surface area (Å²) in [4.78, 5) is 0.0594. The van der Waals surface area contributed by atoms with Crippen LogP contribution in [0.2, 0.25) is 5.02 Å². The van der Waals surface area contributed by atoms with Crippen molar-refractivity contribution in [2.75, 3.05) is 20.3 Å². The Labute approximate surface area is 148 Å². The number of rotatable bonds is 7. The molecule has 3 atom stereocenters. The molecule has 1 saturated heterocycles. The molecule has 1 fully saturated rings. The summed E-state index contributed by atoms with van der Waals surface area (Å²) in [5, 5.41) is 3.65. The summed E-state index contributed by atoms with van der Waals surface area (Å²) < 4.78 is 39.2. The molecule has 0 aliphatic carbocycles. The molecule has 0 bridgehead atoms. The van der Waals surface area contributed by atoms with E-state index in [0.29, 0.717) is 11.6 Å². The van der Waals surface area contributed by atoms with E-state index in [0.717, 1.165) is 19.4 Å². The lowest BCUT2D eigenvalue weighted by molar-refractivity contribution is 0.0901. The summed E-state index contributed by atoms with van der Waals surface area (Å²) in [6, 6.07) is 4.79. The van der Waals surface area contributed by atoms with Crippen molar-refractivity contribution in [1.29, 1.82) is 0 Å². The Kier molecular flexibility index (Phi) is 6.88. The fourth-order valence-electron chi connectivity index (χ4n) is 2.80. The molecule has 0 spiro atoms. The van der Waals surface area contributed by atoms with Crippen LogP contribution in [0.4, 0.5) is 0 Å². The van der Waals surface area contributed by atoms with E-state index in [4.69, 9.17) is 21.1 Å². The van der Waals surface area contributed by atoms with Crippen LogP contribution in [-0.4, -0.2) is 46.9 Å². The highest BCUT2D eigenvalue weighted by Crippen LogP contribution is 2.29. The number of nitrogens with one attached hydrogen (secondary N) is 2. The summed E-state index contributed by atoms with van der Waals surface area (Å²) in [5.74, 6) is 0.276. The Balaban J connectivity index is 2.22. The van der Waals surface area contributed by atoms with Gasteiger partial charge in [0.05, 0.1) is 6.61 Å². The molecular weight excluding hydrogens is 352 g/mol. The van der Waals surface area contributed by atoms with E-state index in [-0.39, 0.29) is 28.8 Å². The van der Waals surface area contributed by atoms with Crippen molar-refractivity contribution < 1.29 is 17.9 Å². The van der Waals surface area contributed by atoms with Gasteiger partial charge in [0.2, 0.25) is 10.0 Å². The van der Waals surface area contributed by atoms with Crippen molar-refractivity contribution in [2.45, 2.75) is 49.8 Å². The minimum absolute atomic E-state index is 0.0594. The van der Waals surface area contributed by atoms with E-state index in [1.807, 2.05) is 13.8 Å². The average molecular weight is 377 g/mol. The molecule has 3 unspecified atom stereocenters. The number of piperidine rings is 1. The number of hydrogen-bond donors (Lipinski definition) is 2. The highest BCUT2D eigenvalue weighted by molar-refractivity contribution is 7.89. The predicted octanol–water partition coefficient (Wildman–Crippen LogP) is 2.17. The highest BCUT2D eigenvalue weighted by Gasteiger charge is 2.27. The zero-order valence-electron chi connectivity index (χ0n) is 14.2. The molecule has 0 amide bonds. The van der Waals surface area contributed by atoms with Crippen LogP contribution in [0.15, 0.2) is 23.1 Å². The van der Waals surface area contributed by atoms with Crippen molar-refractivity contribution in [1.82, 2.24) is 10.0 Å². The zero-order valence-corrected chi connectivity index (χ0v) is 15.8. The average Bonchev–Trinajstić information content (AvgIpc) is 2.49. The second-order valence-electron chi connectivity index (χ2n) is 6.17. The summed E-state index contributed by atoms with van der Waals surface area (Å²) in [7, 11) is -2.16. The normalized spacial score (nSPS) is 23.0. The molecule has 1 aromatic rings. The molecule has 1 aliphatic rings. The Bertz CT molecular complexity index is 653. The smallest absolute Gasteiger partial charge is 0.244 e. The lowest BCUT2D eigenvalue weighted by Gasteiger charge is -2.28. The Hall–Kier alpha value is -0.860. The lowest BCUT2D eigenvalue weighted by Crippen LogP contribution is -2.46. The van der Waals surface area contributed by atoms with Crippen molar-refractivity contribution in [3.63, 3.8) is 0 Å². The van der Waals surface area contributed by atoms with Gasteiger partial charge in [0, 0.05) is 24.2 Å². The Morgan fingerprint density at radius 2 is 2.21 bits per heavy atom. The van der Waals surface area contributed by atoms with Gasteiger partial charge in [-0.3, -0.25) is 0 Å². The van der Waals surface area contributed by atoms with Crippen LogP contribution in [0, 0.1) is 0 Å². The SMILES string of the molecule is COCC(C)Oc1ccc(Cl)cc1S(=O)(=O)NC1CCNC(C)C1. The van der Waals surface area contributed by atoms with Crippen LogP contribution >= 0.6 is 11.6 Å². The molecule has 0 saturated carbocycles. The molecule has 1 heterocycles. The number of methoxy groups -OCH3 is 1. The second kappa shape index (κ2) is 8.49. The van der Waals surface area contributed by atoms with E-state index in [2.05, 4.69) is 10.0 Å². The van der Waals surface area contributed by atoms with Gasteiger partial charge in [-0.15, -0.1) is 0 Å². The number of sulfonamides is 1. The maximum Gasteiger partial charge on any atom is 0.244 e. The maximum absolute atomic E-state index is 12.8. The third-order valence-electron chi connectivity index (χ3n) is 3.87. The first-order chi connectivity index (χ1) is 11.3. The van der Waals surface area contributed by atoms with Gasteiger partial charge in [0.15, 0.2) is 0 Å². The van der Waals surface area contributed by atoms with E-state index >= 15 is 0 Å². The van der Waals surface area contributed by atoms with Gasteiger partial charge < -0.3 is 14.8 Å². The van der Waals surface area contributed by atoms with E-state index in [9.17, 15) is 8.42 Å². The van der Waals surface area contributed by atoms with E-state index in [1.165, 1.54) is 6.07 Å². The molecule has 136 valence electrons. The molecule has 6 nitrogen and oxygen atoms in total. The summed E-state index contributed by atoms with van der Waals surface area (Å²) in [5.41, 5.74) is 0. The summed E-state index contributed by atoms with van der Waals surface area (Å²) >= 11 is 6.00. The van der Waals surface area contributed by atoms with Gasteiger partial charge in [-0.25, -0.2) is 13.1 Å². The van der Waals surface area contributed by atoms with Crippen LogP contribution in [0.1, 0.15) is 26.7 Å². The first-order valence-electron chi connectivity index (χ1n) is 8.02. The van der Waals surface area contributed by atoms with Gasteiger partial charge in [0.25, 0.3) is 0 Å². The maximum atomic E-state index is 12.8. The van der Waals surface area contributed by atoms with Crippen LogP contribution < -0.4 is 14.8 Å². The third kappa shape index (κ3) is 5.32. The molecule has 24 heavy (non-hydrogen) atoms. The number of benzene rings is 1. The quantitative estimate of drug-likeness (QED) is 0.762. The standard InChI is InChI=1S/C16H25ClN2O4S/c1-11-8-14(6-7-18-11)19-24(20,21)16-9-13(17)4-5-15(16)23-12(2)10-22-3/h4-5,9,11-12,14,18-19H,6-8,10H2,1-3H3. The summed E-state index contributed by atoms with van der Waals surface area (Å²) in [6.45, 7) is 5.01. The van der Waals surface area contributed by atoms with Crippen molar-refractivity contribution >= 4 is 21.6 Å². The molecule has 8 heteroatoms.